The van der Waals surface area contributed by atoms with Crippen LogP contribution in [0.3, 0.4) is 0 Å². The highest BCUT2D eigenvalue weighted by molar-refractivity contribution is 4.84. The summed E-state index contributed by atoms with van der Waals surface area (Å²) in [5.74, 6) is 2.50. The van der Waals surface area contributed by atoms with E-state index in [0.717, 1.165) is 30.3 Å². The molecule has 2 aliphatic rings. The highest BCUT2D eigenvalue weighted by atomic mass is 15.2. The van der Waals surface area contributed by atoms with Gasteiger partial charge in [0.15, 0.2) is 0 Å². The molecule has 2 unspecified atom stereocenters. The summed E-state index contributed by atoms with van der Waals surface area (Å²) >= 11 is 0. The molecule has 2 aliphatic carbocycles. The van der Waals surface area contributed by atoms with Crippen molar-refractivity contribution in [1.82, 2.24) is 4.90 Å². The fourth-order valence-corrected chi connectivity index (χ4v) is 4.25. The van der Waals surface area contributed by atoms with E-state index in [1.54, 1.807) is 0 Å². The molecule has 0 amide bonds. The third kappa shape index (κ3) is 4.73. The molecule has 118 valence electrons. The van der Waals surface area contributed by atoms with Crippen LogP contribution in [0.25, 0.3) is 0 Å². The fourth-order valence-electron chi connectivity index (χ4n) is 4.25. The number of nitrogens with two attached hydrogens (primary N) is 1. The smallest absolute Gasteiger partial charge is 0.00953 e. The fraction of sp³-hybridized carbons (Fsp3) is 1.00. The topological polar surface area (TPSA) is 29.3 Å². The summed E-state index contributed by atoms with van der Waals surface area (Å²) in [6, 6.07) is 0.883. The van der Waals surface area contributed by atoms with Gasteiger partial charge in [-0.05, 0) is 62.9 Å². The zero-order chi connectivity index (χ0) is 14.4. The highest BCUT2D eigenvalue weighted by Crippen LogP contribution is 2.32. The van der Waals surface area contributed by atoms with Crippen molar-refractivity contribution in [2.75, 3.05) is 19.6 Å². The molecule has 0 aliphatic heterocycles. The summed E-state index contributed by atoms with van der Waals surface area (Å²) in [5, 5.41) is 0. The minimum atomic E-state index is 0.798. The van der Waals surface area contributed by atoms with Gasteiger partial charge in [0.05, 0.1) is 0 Å². The Balaban J connectivity index is 1.90. The molecule has 0 spiro atoms. The van der Waals surface area contributed by atoms with E-state index >= 15 is 0 Å². The van der Waals surface area contributed by atoms with Gasteiger partial charge in [-0.25, -0.2) is 0 Å². The van der Waals surface area contributed by atoms with Gasteiger partial charge in [-0.3, -0.25) is 0 Å². The first-order valence-corrected chi connectivity index (χ1v) is 9.14. The van der Waals surface area contributed by atoms with E-state index in [0.29, 0.717) is 0 Å². The molecule has 2 heteroatoms. The van der Waals surface area contributed by atoms with E-state index in [1.165, 1.54) is 70.9 Å². The van der Waals surface area contributed by atoms with Crippen LogP contribution in [0.1, 0.15) is 71.6 Å². The van der Waals surface area contributed by atoms with Crippen LogP contribution in [0.15, 0.2) is 0 Å². The summed E-state index contributed by atoms with van der Waals surface area (Å²) in [4.78, 5) is 2.85. The second-order valence-corrected chi connectivity index (χ2v) is 7.66. The van der Waals surface area contributed by atoms with Gasteiger partial charge < -0.3 is 10.6 Å². The molecule has 0 radical (unpaired) electrons. The van der Waals surface area contributed by atoms with Crippen molar-refractivity contribution in [2.24, 2.45) is 23.5 Å². The Morgan fingerprint density at radius 3 is 2.15 bits per heavy atom. The Hall–Kier alpha value is -0.0800. The molecular weight excluding hydrogens is 244 g/mol. The minimum Gasteiger partial charge on any atom is -0.330 e. The first-order valence-electron chi connectivity index (χ1n) is 9.14. The SMILES string of the molecule is CC(C)CCN(CC1CCCCC1CN)C1CCCC1. The largest absolute Gasteiger partial charge is 0.330 e. The first kappa shape index (κ1) is 16.3. The Labute approximate surface area is 126 Å². The van der Waals surface area contributed by atoms with E-state index in [-0.39, 0.29) is 0 Å². The molecule has 0 aromatic carbocycles. The average molecular weight is 280 g/mol. The lowest BCUT2D eigenvalue weighted by atomic mass is 9.78. The van der Waals surface area contributed by atoms with Crippen molar-refractivity contribution in [3.05, 3.63) is 0 Å². The van der Waals surface area contributed by atoms with E-state index in [1.807, 2.05) is 0 Å². The van der Waals surface area contributed by atoms with Crippen LogP contribution in [0, 0.1) is 17.8 Å². The van der Waals surface area contributed by atoms with Crippen LogP contribution >= 0.6 is 0 Å². The Kier molecular flexibility index (Phi) is 6.83. The lowest BCUT2D eigenvalue weighted by Gasteiger charge is -2.38. The van der Waals surface area contributed by atoms with Gasteiger partial charge in [-0.15, -0.1) is 0 Å². The van der Waals surface area contributed by atoms with Crippen molar-refractivity contribution in [3.63, 3.8) is 0 Å². The molecular formula is C18H36N2. The zero-order valence-corrected chi connectivity index (χ0v) is 13.8. The van der Waals surface area contributed by atoms with Crippen LogP contribution in [0.4, 0.5) is 0 Å². The Bertz CT molecular complexity index is 258. The maximum Gasteiger partial charge on any atom is 0.00953 e. The summed E-state index contributed by atoms with van der Waals surface area (Å²) in [7, 11) is 0. The highest BCUT2D eigenvalue weighted by Gasteiger charge is 2.29. The number of hydrogen-bond donors (Lipinski definition) is 1. The van der Waals surface area contributed by atoms with Gasteiger partial charge in [0.2, 0.25) is 0 Å². The summed E-state index contributed by atoms with van der Waals surface area (Å²) in [6.45, 7) is 8.27. The maximum atomic E-state index is 6.03. The predicted molar refractivity (Wildman–Crippen MR) is 87.8 cm³/mol. The van der Waals surface area contributed by atoms with Crippen LogP contribution < -0.4 is 5.73 Å². The van der Waals surface area contributed by atoms with Gasteiger partial charge in [-0.1, -0.05) is 39.5 Å². The molecule has 0 bridgehead atoms. The van der Waals surface area contributed by atoms with Gasteiger partial charge in [0.25, 0.3) is 0 Å². The van der Waals surface area contributed by atoms with Crippen molar-refractivity contribution in [2.45, 2.75) is 77.7 Å². The van der Waals surface area contributed by atoms with Crippen molar-refractivity contribution in [3.8, 4) is 0 Å². The van der Waals surface area contributed by atoms with Gasteiger partial charge in [0.1, 0.15) is 0 Å². The van der Waals surface area contributed by atoms with Crippen LogP contribution in [0.2, 0.25) is 0 Å². The number of nitrogens with zero attached hydrogens (tertiary/aromatic N) is 1. The quantitative estimate of drug-likeness (QED) is 0.762. The molecule has 2 atom stereocenters. The van der Waals surface area contributed by atoms with Crippen LogP contribution in [0.5, 0.6) is 0 Å². The van der Waals surface area contributed by atoms with Gasteiger partial charge in [0, 0.05) is 12.6 Å². The lowest BCUT2D eigenvalue weighted by Crippen LogP contribution is -2.42. The van der Waals surface area contributed by atoms with Crippen molar-refractivity contribution < 1.29 is 0 Å². The second-order valence-electron chi connectivity index (χ2n) is 7.66. The number of hydrogen-bond acceptors (Lipinski definition) is 2. The first-order chi connectivity index (χ1) is 9.70. The molecule has 0 aromatic heterocycles. The van der Waals surface area contributed by atoms with E-state index in [9.17, 15) is 0 Å². The molecule has 0 aromatic rings. The molecule has 20 heavy (non-hydrogen) atoms. The van der Waals surface area contributed by atoms with Crippen LogP contribution in [-0.2, 0) is 0 Å². The number of rotatable bonds is 7. The lowest BCUT2D eigenvalue weighted by molar-refractivity contribution is 0.114. The standard InChI is InChI=1S/C18H36N2/c1-15(2)11-12-20(18-9-5-6-10-18)14-17-8-4-3-7-16(17)13-19/h15-18H,3-14,19H2,1-2H3. The molecule has 2 fully saturated rings. The van der Waals surface area contributed by atoms with Crippen LogP contribution in [-0.4, -0.2) is 30.6 Å². The molecule has 0 heterocycles. The second kappa shape index (κ2) is 8.38. The monoisotopic (exact) mass is 280 g/mol. The van der Waals surface area contributed by atoms with Crippen molar-refractivity contribution >= 4 is 0 Å². The molecule has 0 saturated heterocycles. The summed E-state index contributed by atoms with van der Waals surface area (Å²) < 4.78 is 0. The summed E-state index contributed by atoms with van der Waals surface area (Å²) in [6.07, 6.45) is 12.8. The summed E-state index contributed by atoms with van der Waals surface area (Å²) in [5.41, 5.74) is 6.03. The molecule has 2 N–H and O–H groups in total. The minimum absolute atomic E-state index is 0.798. The molecule has 2 rings (SSSR count). The molecule has 2 saturated carbocycles. The molecule has 2 nitrogen and oxygen atoms in total. The zero-order valence-electron chi connectivity index (χ0n) is 13.8. The Morgan fingerprint density at radius 2 is 1.55 bits per heavy atom. The van der Waals surface area contributed by atoms with Gasteiger partial charge >= 0.3 is 0 Å². The van der Waals surface area contributed by atoms with Gasteiger partial charge in [-0.2, -0.15) is 0 Å². The van der Waals surface area contributed by atoms with E-state index < -0.39 is 0 Å². The van der Waals surface area contributed by atoms with E-state index in [4.69, 9.17) is 5.73 Å². The van der Waals surface area contributed by atoms with E-state index in [2.05, 4.69) is 18.7 Å². The Morgan fingerprint density at radius 1 is 0.950 bits per heavy atom. The maximum absolute atomic E-state index is 6.03. The average Bonchev–Trinajstić information content (AvgIpc) is 2.97. The predicted octanol–water partition coefficient (Wildman–Crippen LogP) is 4.04. The normalized spacial score (nSPS) is 28.6. The third-order valence-electron chi connectivity index (χ3n) is 5.67. The third-order valence-corrected chi connectivity index (χ3v) is 5.67. The van der Waals surface area contributed by atoms with Crippen molar-refractivity contribution in [1.29, 1.82) is 0 Å².